The summed E-state index contributed by atoms with van der Waals surface area (Å²) in [5, 5.41) is 11.8. The van der Waals surface area contributed by atoms with Gasteiger partial charge in [-0.15, -0.1) is 0 Å². The zero-order chi connectivity index (χ0) is 21.6. The number of aromatic nitrogens is 2. The van der Waals surface area contributed by atoms with E-state index in [4.69, 9.17) is 5.10 Å². The quantitative estimate of drug-likeness (QED) is 0.542. The van der Waals surface area contributed by atoms with Crippen LogP contribution in [-0.2, 0) is 13.1 Å². The first kappa shape index (κ1) is 22.3. The summed E-state index contributed by atoms with van der Waals surface area (Å²) in [5.41, 5.74) is 4.89. The number of benzene rings is 1. The standard InChI is InChI=1S/C24H38N6/c1-19-22(20(2)30(28-19)17-21-12-8-6-9-13-21)16-26-23(25-5)27-18-24(3,4)29-14-10-7-11-15-29/h6,8-9,12-13H,7,10-11,14-18H2,1-5H3,(H2,25,26,27). The van der Waals surface area contributed by atoms with Crippen molar-refractivity contribution in [3.63, 3.8) is 0 Å². The predicted octanol–water partition coefficient (Wildman–Crippen LogP) is 3.48. The molecule has 2 N–H and O–H groups in total. The van der Waals surface area contributed by atoms with Crippen molar-refractivity contribution in [2.24, 2.45) is 4.99 Å². The van der Waals surface area contributed by atoms with E-state index in [0.29, 0.717) is 0 Å². The van der Waals surface area contributed by atoms with Crippen molar-refractivity contribution in [1.29, 1.82) is 0 Å². The van der Waals surface area contributed by atoms with Gasteiger partial charge in [0.25, 0.3) is 0 Å². The summed E-state index contributed by atoms with van der Waals surface area (Å²) in [5.74, 6) is 0.842. The maximum Gasteiger partial charge on any atom is 0.191 e. The van der Waals surface area contributed by atoms with E-state index in [1.54, 1.807) is 0 Å². The molecule has 30 heavy (non-hydrogen) atoms. The lowest BCUT2D eigenvalue weighted by Crippen LogP contribution is -2.54. The molecule has 1 aliphatic rings. The molecule has 0 spiro atoms. The van der Waals surface area contributed by atoms with E-state index in [0.717, 1.165) is 31.3 Å². The molecule has 1 aliphatic heterocycles. The van der Waals surface area contributed by atoms with Gasteiger partial charge in [-0.25, -0.2) is 0 Å². The zero-order valence-electron chi connectivity index (χ0n) is 19.3. The van der Waals surface area contributed by atoms with Crippen LogP contribution in [-0.4, -0.2) is 52.9 Å². The van der Waals surface area contributed by atoms with Gasteiger partial charge < -0.3 is 10.6 Å². The van der Waals surface area contributed by atoms with E-state index in [1.807, 2.05) is 13.1 Å². The van der Waals surface area contributed by atoms with Crippen molar-refractivity contribution < 1.29 is 0 Å². The largest absolute Gasteiger partial charge is 0.355 e. The van der Waals surface area contributed by atoms with Crippen molar-refractivity contribution in [2.75, 3.05) is 26.7 Å². The maximum atomic E-state index is 4.77. The number of rotatable bonds is 7. The molecule has 1 aromatic carbocycles. The highest BCUT2D eigenvalue weighted by molar-refractivity contribution is 5.79. The summed E-state index contributed by atoms with van der Waals surface area (Å²) >= 11 is 0. The highest BCUT2D eigenvalue weighted by atomic mass is 15.3. The number of guanidine groups is 1. The number of likely N-dealkylation sites (tertiary alicyclic amines) is 1. The van der Waals surface area contributed by atoms with Gasteiger partial charge in [-0.2, -0.15) is 5.10 Å². The number of nitrogens with one attached hydrogen (secondary N) is 2. The first-order chi connectivity index (χ1) is 14.4. The van der Waals surface area contributed by atoms with Crippen molar-refractivity contribution >= 4 is 5.96 Å². The third-order valence-corrected chi connectivity index (χ3v) is 6.26. The second kappa shape index (κ2) is 10.1. The number of nitrogens with zero attached hydrogens (tertiary/aromatic N) is 4. The van der Waals surface area contributed by atoms with E-state index in [2.05, 4.69) is 77.2 Å². The first-order valence-electron chi connectivity index (χ1n) is 11.2. The van der Waals surface area contributed by atoms with Crippen LogP contribution in [0, 0.1) is 13.8 Å². The molecule has 0 saturated carbocycles. The molecule has 0 atom stereocenters. The molecule has 1 fully saturated rings. The van der Waals surface area contributed by atoms with E-state index >= 15 is 0 Å². The average molecular weight is 411 g/mol. The number of aryl methyl sites for hydroxylation is 1. The Morgan fingerprint density at radius 1 is 1.07 bits per heavy atom. The molecule has 6 heteroatoms. The summed E-state index contributed by atoms with van der Waals surface area (Å²) in [6.07, 6.45) is 3.98. The van der Waals surface area contributed by atoms with Crippen molar-refractivity contribution in [3.05, 3.63) is 52.8 Å². The lowest BCUT2D eigenvalue weighted by atomic mass is 9.98. The van der Waals surface area contributed by atoms with Gasteiger partial charge >= 0.3 is 0 Å². The number of aliphatic imine (C=N–C) groups is 1. The SMILES string of the molecule is CN=C(NCc1c(C)nn(Cc2ccccc2)c1C)NCC(C)(C)N1CCCCC1. The fraction of sp³-hybridized carbons (Fsp3) is 0.583. The molecule has 0 radical (unpaired) electrons. The van der Waals surface area contributed by atoms with E-state index < -0.39 is 0 Å². The summed E-state index contributed by atoms with van der Waals surface area (Å²) in [4.78, 5) is 7.03. The third kappa shape index (κ3) is 5.63. The lowest BCUT2D eigenvalue weighted by Gasteiger charge is -2.41. The van der Waals surface area contributed by atoms with Gasteiger partial charge in [0.1, 0.15) is 0 Å². The summed E-state index contributed by atoms with van der Waals surface area (Å²) in [7, 11) is 1.84. The Morgan fingerprint density at radius 2 is 1.77 bits per heavy atom. The Morgan fingerprint density at radius 3 is 2.43 bits per heavy atom. The van der Waals surface area contributed by atoms with Gasteiger partial charge in [-0.05, 0) is 59.2 Å². The lowest BCUT2D eigenvalue weighted by molar-refractivity contribution is 0.0982. The van der Waals surface area contributed by atoms with Crippen LogP contribution in [0.15, 0.2) is 35.3 Å². The van der Waals surface area contributed by atoms with Crippen LogP contribution in [0.5, 0.6) is 0 Å². The van der Waals surface area contributed by atoms with Crippen molar-refractivity contribution in [1.82, 2.24) is 25.3 Å². The smallest absolute Gasteiger partial charge is 0.191 e. The maximum absolute atomic E-state index is 4.77. The molecule has 0 unspecified atom stereocenters. The fourth-order valence-corrected chi connectivity index (χ4v) is 4.20. The number of piperidine rings is 1. The van der Waals surface area contributed by atoms with E-state index in [1.165, 1.54) is 49.2 Å². The normalized spacial score (nSPS) is 16.0. The second-order valence-electron chi connectivity index (χ2n) is 8.93. The van der Waals surface area contributed by atoms with Gasteiger partial charge in [0.15, 0.2) is 5.96 Å². The van der Waals surface area contributed by atoms with Gasteiger partial charge in [0.2, 0.25) is 0 Å². The summed E-state index contributed by atoms with van der Waals surface area (Å²) in [6, 6.07) is 10.5. The first-order valence-corrected chi connectivity index (χ1v) is 11.2. The highest BCUT2D eigenvalue weighted by Gasteiger charge is 2.28. The Kier molecular flexibility index (Phi) is 7.53. The van der Waals surface area contributed by atoms with Gasteiger partial charge in [-0.3, -0.25) is 14.6 Å². The molecule has 3 rings (SSSR count). The number of hydrogen-bond donors (Lipinski definition) is 2. The van der Waals surface area contributed by atoms with Crippen LogP contribution < -0.4 is 10.6 Å². The molecular weight excluding hydrogens is 372 g/mol. The van der Waals surface area contributed by atoms with Crippen LogP contribution in [0.2, 0.25) is 0 Å². The minimum atomic E-state index is 0.116. The molecule has 6 nitrogen and oxygen atoms in total. The Hall–Kier alpha value is -2.34. The Balaban J connectivity index is 1.57. The Bertz CT molecular complexity index is 831. The van der Waals surface area contributed by atoms with Crippen molar-refractivity contribution in [3.8, 4) is 0 Å². The molecule has 164 valence electrons. The highest BCUT2D eigenvalue weighted by Crippen LogP contribution is 2.20. The third-order valence-electron chi connectivity index (χ3n) is 6.26. The average Bonchev–Trinajstić information content (AvgIpc) is 3.02. The molecule has 2 aromatic rings. The van der Waals surface area contributed by atoms with E-state index in [9.17, 15) is 0 Å². The Labute approximate surface area is 181 Å². The van der Waals surface area contributed by atoms with Crippen LogP contribution in [0.1, 0.15) is 55.6 Å². The minimum absolute atomic E-state index is 0.116. The second-order valence-corrected chi connectivity index (χ2v) is 8.93. The monoisotopic (exact) mass is 410 g/mol. The van der Waals surface area contributed by atoms with Crippen LogP contribution in [0.4, 0.5) is 0 Å². The summed E-state index contributed by atoms with van der Waals surface area (Å²) < 4.78 is 2.09. The molecule has 0 bridgehead atoms. The molecule has 1 aromatic heterocycles. The molecular formula is C24H38N6. The molecule has 1 saturated heterocycles. The van der Waals surface area contributed by atoms with E-state index in [-0.39, 0.29) is 5.54 Å². The minimum Gasteiger partial charge on any atom is -0.355 e. The zero-order valence-corrected chi connectivity index (χ0v) is 19.3. The van der Waals surface area contributed by atoms with Crippen LogP contribution in [0.25, 0.3) is 0 Å². The van der Waals surface area contributed by atoms with Gasteiger partial charge in [0.05, 0.1) is 12.2 Å². The fourth-order valence-electron chi connectivity index (χ4n) is 4.20. The van der Waals surface area contributed by atoms with Gasteiger partial charge in [-0.1, -0.05) is 36.8 Å². The number of hydrogen-bond acceptors (Lipinski definition) is 3. The summed E-state index contributed by atoms with van der Waals surface area (Å²) in [6.45, 7) is 13.6. The molecule has 0 aliphatic carbocycles. The van der Waals surface area contributed by atoms with Gasteiger partial charge in [0, 0.05) is 36.9 Å². The molecule has 0 amide bonds. The van der Waals surface area contributed by atoms with Crippen molar-refractivity contribution in [2.45, 2.75) is 65.6 Å². The van der Waals surface area contributed by atoms with Crippen LogP contribution >= 0.6 is 0 Å². The topological polar surface area (TPSA) is 57.5 Å². The van der Waals surface area contributed by atoms with Crippen LogP contribution in [0.3, 0.4) is 0 Å². The molecule has 2 heterocycles. The predicted molar refractivity (Wildman–Crippen MR) is 125 cm³/mol.